The molecular weight excluding hydrogens is 150 g/mol. The molecule has 0 radical (unpaired) electrons. The first-order valence-electron chi connectivity index (χ1n) is 4.51. The maximum atomic E-state index is 4.46. The Kier molecular flexibility index (Phi) is 1.50. The van der Waals surface area contributed by atoms with Gasteiger partial charge in [0.05, 0.1) is 0 Å². The molecule has 0 unspecified atom stereocenters. The molecule has 1 aromatic heterocycles. The summed E-state index contributed by atoms with van der Waals surface area (Å²) in [5, 5.41) is 4.35. The molecule has 0 saturated heterocycles. The Bertz CT molecular complexity index is 299. The fourth-order valence-corrected chi connectivity index (χ4v) is 1.89. The smallest absolute Gasteiger partial charge is 0.147 e. The standard InChI is InChI=1S/C9H15N3/c1-7-10-8-9(2,3)5-4-6-12(8)11-7/h4-6H2,1-3H3. The lowest BCUT2D eigenvalue weighted by molar-refractivity contribution is 0.334. The molecule has 66 valence electrons. The van der Waals surface area contributed by atoms with Crippen molar-refractivity contribution in [2.75, 3.05) is 0 Å². The Labute approximate surface area is 72.8 Å². The van der Waals surface area contributed by atoms with Gasteiger partial charge in [0.15, 0.2) is 0 Å². The van der Waals surface area contributed by atoms with Crippen LogP contribution in [0.1, 0.15) is 38.3 Å². The number of aromatic nitrogens is 3. The highest BCUT2D eigenvalue weighted by molar-refractivity contribution is 5.07. The van der Waals surface area contributed by atoms with Crippen LogP contribution in [-0.4, -0.2) is 14.8 Å². The predicted octanol–water partition coefficient (Wildman–Crippen LogP) is 1.66. The highest BCUT2D eigenvalue weighted by atomic mass is 15.4. The van der Waals surface area contributed by atoms with Crippen molar-refractivity contribution in [3.8, 4) is 0 Å². The van der Waals surface area contributed by atoms with Crippen LogP contribution in [0.4, 0.5) is 0 Å². The maximum absolute atomic E-state index is 4.46. The van der Waals surface area contributed by atoms with Gasteiger partial charge in [-0.1, -0.05) is 13.8 Å². The Balaban J connectivity index is 2.51. The van der Waals surface area contributed by atoms with E-state index in [0.717, 1.165) is 18.2 Å². The zero-order valence-corrected chi connectivity index (χ0v) is 7.96. The highest BCUT2D eigenvalue weighted by Crippen LogP contribution is 2.30. The lowest BCUT2D eigenvalue weighted by Crippen LogP contribution is -2.28. The third-order valence-corrected chi connectivity index (χ3v) is 2.55. The normalized spacial score (nSPS) is 20.6. The van der Waals surface area contributed by atoms with Crippen molar-refractivity contribution in [3.63, 3.8) is 0 Å². The van der Waals surface area contributed by atoms with E-state index in [0.29, 0.717) is 0 Å². The zero-order valence-electron chi connectivity index (χ0n) is 7.96. The van der Waals surface area contributed by atoms with Gasteiger partial charge < -0.3 is 0 Å². The minimum absolute atomic E-state index is 0.222. The van der Waals surface area contributed by atoms with Gasteiger partial charge in [-0.05, 0) is 19.8 Å². The number of aryl methyl sites for hydroxylation is 2. The lowest BCUT2D eigenvalue weighted by atomic mass is 9.85. The third-order valence-electron chi connectivity index (χ3n) is 2.55. The van der Waals surface area contributed by atoms with Gasteiger partial charge in [-0.25, -0.2) is 9.67 Å². The summed E-state index contributed by atoms with van der Waals surface area (Å²) < 4.78 is 2.05. The predicted molar refractivity (Wildman–Crippen MR) is 47.0 cm³/mol. The average Bonchev–Trinajstić information content (AvgIpc) is 2.30. The molecule has 0 atom stereocenters. The average molecular weight is 165 g/mol. The van der Waals surface area contributed by atoms with Gasteiger partial charge >= 0.3 is 0 Å². The first kappa shape index (κ1) is 7.77. The number of fused-ring (bicyclic) bond motifs is 1. The highest BCUT2D eigenvalue weighted by Gasteiger charge is 2.30. The van der Waals surface area contributed by atoms with Gasteiger partial charge in [0.2, 0.25) is 0 Å². The van der Waals surface area contributed by atoms with E-state index in [4.69, 9.17) is 0 Å². The summed E-state index contributed by atoms with van der Waals surface area (Å²) in [7, 11) is 0. The van der Waals surface area contributed by atoms with Crippen molar-refractivity contribution in [2.45, 2.75) is 45.6 Å². The van der Waals surface area contributed by atoms with E-state index in [-0.39, 0.29) is 5.41 Å². The van der Waals surface area contributed by atoms with Gasteiger partial charge in [0, 0.05) is 12.0 Å². The first-order chi connectivity index (χ1) is 5.59. The fraction of sp³-hybridized carbons (Fsp3) is 0.778. The minimum Gasteiger partial charge on any atom is -0.249 e. The molecule has 0 fully saturated rings. The van der Waals surface area contributed by atoms with E-state index in [1.165, 1.54) is 12.8 Å². The molecule has 2 rings (SSSR count). The van der Waals surface area contributed by atoms with Crippen LogP contribution in [0.25, 0.3) is 0 Å². The Hall–Kier alpha value is -0.860. The number of nitrogens with zero attached hydrogens (tertiary/aromatic N) is 3. The molecule has 3 nitrogen and oxygen atoms in total. The summed E-state index contributed by atoms with van der Waals surface area (Å²) in [5.41, 5.74) is 0.222. The van der Waals surface area contributed by atoms with Crippen molar-refractivity contribution in [1.82, 2.24) is 14.8 Å². The second-order valence-corrected chi connectivity index (χ2v) is 4.19. The molecule has 0 N–H and O–H groups in total. The fourth-order valence-electron chi connectivity index (χ4n) is 1.89. The van der Waals surface area contributed by atoms with Crippen molar-refractivity contribution in [3.05, 3.63) is 11.6 Å². The molecule has 2 heterocycles. The summed E-state index contributed by atoms with van der Waals surface area (Å²) in [6.07, 6.45) is 2.45. The van der Waals surface area contributed by atoms with E-state index in [1.54, 1.807) is 0 Å². The van der Waals surface area contributed by atoms with Crippen LogP contribution in [0.2, 0.25) is 0 Å². The minimum atomic E-state index is 0.222. The zero-order chi connectivity index (χ0) is 8.77. The van der Waals surface area contributed by atoms with Gasteiger partial charge in [0.25, 0.3) is 0 Å². The molecule has 0 saturated carbocycles. The number of rotatable bonds is 0. The maximum Gasteiger partial charge on any atom is 0.147 e. The van der Waals surface area contributed by atoms with Crippen molar-refractivity contribution in [1.29, 1.82) is 0 Å². The number of hydrogen-bond acceptors (Lipinski definition) is 2. The monoisotopic (exact) mass is 165 g/mol. The molecule has 0 amide bonds. The van der Waals surface area contributed by atoms with E-state index >= 15 is 0 Å². The first-order valence-corrected chi connectivity index (χ1v) is 4.51. The second kappa shape index (κ2) is 2.31. The van der Waals surface area contributed by atoms with Crippen LogP contribution in [-0.2, 0) is 12.0 Å². The lowest BCUT2D eigenvalue weighted by Gasteiger charge is -2.28. The van der Waals surface area contributed by atoms with Gasteiger partial charge in [0.1, 0.15) is 11.6 Å². The topological polar surface area (TPSA) is 30.7 Å². The Morgan fingerprint density at radius 1 is 1.42 bits per heavy atom. The van der Waals surface area contributed by atoms with Crippen LogP contribution in [0.3, 0.4) is 0 Å². The summed E-state index contributed by atoms with van der Waals surface area (Å²) in [5.74, 6) is 2.06. The van der Waals surface area contributed by atoms with Crippen LogP contribution >= 0.6 is 0 Å². The van der Waals surface area contributed by atoms with Crippen molar-refractivity contribution in [2.24, 2.45) is 0 Å². The molecule has 0 spiro atoms. The van der Waals surface area contributed by atoms with E-state index in [9.17, 15) is 0 Å². The molecule has 0 aromatic carbocycles. The van der Waals surface area contributed by atoms with Gasteiger partial charge in [-0.3, -0.25) is 0 Å². The molecule has 0 bridgehead atoms. The summed E-state index contributed by atoms with van der Waals surface area (Å²) >= 11 is 0. The molecular formula is C9H15N3. The van der Waals surface area contributed by atoms with Gasteiger partial charge in [-0.15, -0.1) is 0 Å². The number of hydrogen-bond donors (Lipinski definition) is 0. The Morgan fingerprint density at radius 3 is 2.83 bits per heavy atom. The van der Waals surface area contributed by atoms with Crippen LogP contribution in [0.15, 0.2) is 0 Å². The van der Waals surface area contributed by atoms with Crippen LogP contribution < -0.4 is 0 Å². The molecule has 3 heteroatoms. The molecule has 1 aliphatic rings. The van der Waals surface area contributed by atoms with Crippen molar-refractivity contribution >= 4 is 0 Å². The molecule has 1 aromatic rings. The largest absolute Gasteiger partial charge is 0.249 e. The third kappa shape index (κ3) is 1.04. The van der Waals surface area contributed by atoms with Crippen LogP contribution in [0.5, 0.6) is 0 Å². The summed E-state index contributed by atoms with van der Waals surface area (Å²) in [6, 6.07) is 0. The molecule has 12 heavy (non-hydrogen) atoms. The Morgan fingerprint density at radius 2 is 2.17 bits per heavy atom. The second-order valence-electron chi connectivity index (χ2n) is 4.19. The summed E-state index contributed by atoms with van der Waals surface area (Å²) in [4.78, 5) is 4.46. The molecule has 1 aliphatic heterocycles. The van der Waals surface area contributed by atoms with Gasteiger partial charge in [-0.2, -0.15) is 5.10 Å². The SMILES string of the molecule is Cc1nc2n(n1)CCCC2(C)C. The summed E-state index contributed by atoms with van der Waals surface area (Å²) in [6.45, 7) is 7.49. The van der Waals surface area contributed by atoms with E-state index in [1.807, 2.05) is 6.92 Å². The molecule has 0 aliphatic carbocycles. The van der Waals surface area contributed by atoms with Crippen molar-refractivity contribution < 1.29 is 0 Å². The van der Waals surface area contributed by atoms with E-state index < -0.39 is 0 Å². The van der Waals surface area contributed by atoms with E-state index in [2.05, 4.69) is 28.6 Å². The quantitative estimate of drug-likeness (QED) is 0.585. The van der Waals surface area contributed by atoms with Crippen LogP contribution in [0, 0.1) is 6.92 Å².